The van der Waals surface area contributed by atoms with Crippen LogP contribution in [0.4, 0.5) is 4.79 Å². The lowest BCUT2D eigenvalue weighted by atomic mass is 9.98. The quantitative estimate of drug-likeness (QED) is 0.712. The summed E-state index contributed by atoms with van der Waals surface area (Å²) in [7, 11) is 1.44. The number of amides is 2. The largest absolute Gasteiger partial charge is 0.469 e. The highest BCUT2D eigenvalue weighted by atomic mass is 16.5. The molecule has 2 amide bonds. The monoisotopic (exact) mass is 255 g/mol. The van der Waals surface area contributed by atoms with Gasteiger partial charge in [-0.2, -0.15) is 0 Å². The summed E-state index contributed by atoms with van der Waals surface area (Å²) >= 11 is 0. The van der Waals surface area contributed by atoms with Gasteiger partial charge in [-0.15, -0.1) is 0 Å². The van der Waals surface area contributed by atoms with Crippen LogP contribution >= 0.6 is 0 Å². The van der Waals surface area contributed by atoms with E-state index in [4.69, 9.17) is 4.74 Å². The number of ether oxygens (including phenoxy) is 1. The van der Waals surface area contributed by atoms with Gasteiger partial charge in [0.1, 0.15) is 0 Å². The van der Waals surface area contributed by atoms with E-state index < -0.39 is 0 Å². The lowest BCUT2D eigenvalue weighted by Gasteiger charge is -2.32. The van der Waals surface area contributed by atoms with Gasteiger partial charge in [0.25, 0.3) is 0 Å². The number of nitrogens with one attached hydrogen (secondary N) is 1. The van der Waals surface area contributed by atoms with Crippen LogP contribution in [0.5, 0.6) is 0 Å². The molecule has 0 aliphatic carbocycles. The van der Waals surface area contributed by atoms with E-state index in [0.29, 0.717) is 0 Å². The van der Waals surface area contributed by atoms with E-state index in [0.717, 1.165) is 52.1 Å². The van der Waals surface area contributed by atoms with Crippen LogP contribution in [0.3, 0.4) is 0 Å². The van der Waals surface area contributed by atoms with Crippen LogP contribution < -0.4 is 5.32 Å². The molecule has 1 unspecified atom stereocenters. The molecule has 6 nitrogen and oxygen atoms in total. The van der Waals surface area contributed by atoms with Gasteiger partial charge in [-0.25, -0.2) is 4.79 Å². The van der Waals surface area contributed by atoms with Gasteiger partial charge in [-0.05, 0) is 19.4 Å². The van der Waals surface area contributed by atoms with Crippen molar-refractivity contribution in [1.82, 2.24) is 15.1 Å². The van der Waals surface area contributed by atoms with Crippen LogP contribution in [-0.4, -0.2) is 68.2 Å². The molecule has 2 aliphatic heterocycles. The highest BCUT2D eigenvalue weighted by Gasteiger charge is 2.27. The van der Waals surface area contributed by atoms with Gasteiger partial charge >= 0.3 is 12.0 Å². The highest BCUT2D eigenvalue weighted by molar-refractivity contribution is 5.76. The lowest BCUT2D eigenvalue weighted by Crippen LogP contribution is -2.43. The first kappa shape index (κ1) is 13.1. The number of nitrogens with zero attached hydrogens (tertiary/aromatic N) is 2. The molecule has 6 heteroatoms. The van der Waals surface area contributed by atoms with Crippen molar-refractivity contribution in [3.8, 4) is 0 Å². The molecular weight excluding hydrogens is 234 g/mol. The first-order chi connectivity index (χ1) is 8.70. The van der Waals surface area contributed by atoms with Gasteiger partial charge in [0, 0.05) is 32.7 Å². The third-order valence-corrected chi connectivity index (χ3v) is 3.67. The van der Waals surface area contributed by atoms with Crippen molar-refractivity contribution in [2.45, 2.75) is 12.8 Å². The molecule has 2 heterocycles. The zero-order chi connectivity index (χ0) is 13.0. The first-order valence-corrected chi connectivity index (χ1v) is 6.53. The van der Waals surface area contributed by atoms with E-state index in [1.807, 2.05) is 4.90 Å². The summed E-state index contributed by atoms with van der Waals surface area (Å²) in [5.74, 6) is -0.116. The minimum absolute atomic E-state index is 0.00356. The fourth-order valence-corrected chi connectivity index (χ4v) is 2.60. The van der Waals surface area contributed by atoms with Crippen LogP contribution in [0.15, 0.2) is 0 Å². The molecule has 1 N–H and O–H groups in total. The summed E-state index contributed by atoms with van der Waals surface area (Å²) in [5.41, 5.74) is 0. The van der Waals surface area contributed by atoms with Crippen molar-refractivity contribution in [2.75, 3.05) is 46.4 Å². The van der Waals surface area contributed by atoms with Crippen LogP contribution in [-0.2, 0) is 9.53 Å². The number of carbonyl (C=O) groups excluding carboxylic acids is 2. The summed E-state index contributed by atoms with van der Waals surface area (Å²) in [6.07, 6.45) is 1.93. The Labute approximate surface area is 107 Å². The standard InChI is InChI=1S/C12H21N3O3/c1-18-11(16)10-3-2-5-14(9-10)7-8-15-6-4-13-12(15)17/h10H,2-9H2,1H3,(H,13,17). The zero-order valence-corrected chi connectivity index (χ0v) is 10.9. The van der Waals surface area contributed by atoms with Crippen molar-refractivity contribution in [1.29, 1.82) is 0 Å². The molecule has 0 spiro atoms. The summed E-state index contributed by atoms with van der Waals surface area (Å²) in [6, 6.07) is 0.0246. The molecule has 0 aromatic heterocycles. The maximum Gasteiger partial charge on any atom is 0.317 e. The Kier molecular flexibility index (Phi) is 4.41. The average molecular weight is 255 g/mol. The number of likely N-dealkylation sites (tertiary alicyclic amines) is 1. The van der Waals surface area contributed by atoms with Gasteiger partial charge in [-0.1, -0.05) is 0 Å². The Morgan fingerprint density at radius 3 is 2.94 bits per heavy atom. The van der Waals surface area contributed by atoms with Gasteiger partial charge in [0.15, 0.2) is 0 Å². The van der Waals surface area contributed by atoms with Crippen molar-refractivity contribution in [3.05, 3.63) is 0 Å². The number of carbonyl (C=O) groups is 2. The van der Waals surface area contributed by atoms with Gasteiger partial charge < -0.3 is 19.9 Å². The Morgan fingerprint density at radius 1 is 1.44 bits per heavy atom. The molecular formula is C12H21N3O3. The maximum absolute atomic E-state index is 11.5. The number of esters is 1. The number of urea groups is 1. The van der Waals surface area contributed by atoms with Crippen molar-refractivity contribution in [2.24, 2.45) is 5.92 Å². The predicted octanol–water partition coefficient (Wildman–Crippen LogP) is -0.103. The Balaban J connectivity index is 1.75. The summed E-state index contributed by atoms with van der Waals surface area (Å²) in [6.45, 7) is 4.85. The van der Waals surface area contributed by atoms with E-state index in [2.05, 4.69) is 10.2 Å². The SMILES string of the molecule is COC(=O)C1CCCN(CCN2CCNC2=O)C1. The smallest absolute Gasteiger partial charge is 0.317 e. The Hall–Kier alpha value is -1.30. The van der Waals surface area contributed by atoms with Crippen LogP contribution in [0.1, 0.15) is 12.8 Å². The molecule has 0 radical (unpaired) electrons. The van der Waals surface area contributed by atoms with E-state index >= 15 is 0 Å². The zero-order valence-electron chi connectivity index (χ0n) is 10.9. The molecule has 2 rings (SSSR count). The Bertz CT molecular complexity index is 322. The van der Waals surface area contributed by atoms with Crippen molar-refractivity contribution >= 4 is 12.0 Å². The van der Waals surface area contributed by atoms with E-state index in [-0.39, 0.29) is 17.9 Å². The van der Waals surface area contributed by atoms with Gasteiger partial charge in [-0.3, -0.25) is 4.79 Å². The fraction of sp³-hybridized carbons (Fsp3) is 0.833. The summed E-state index contributed by atoms with van der Waals surface area (Å²) < 4.78 is 4.79. The number of methoxy groups -OCH3 is 1. The number of piperidine rings is 1. The average Bonchev–Trinajstić information content (AvgIpc) is 2.81. The number of rotatable bonds is 4. The Morgan fingerprint density at radius 2 is 2.28 bits per heavy atom. The third-order valence-electron chi connectivity index (χ3n) is 3.67. The van der Waals surface area contributed by atoms with E-state index in [9.17, 15) is 9.59 Å². The molecule has 0 saturated carbocycles. The van der Waals surface area contributed by atoms with E-state index in [1.165, 1.54) is 7.11 Å². The van der Waals surface area contributed by atoms with Gasteiger partial charge in [0.2, 0.25) is 0 Å². The minimum atomic E-state index is -0.112. The molecule has 0 aromatic carbocycles. The van der Waals surface area contributed by atoms with Crippen LogP contribution in [0.2, 0.25) is 0 Å². The second-order valence-corrected chi connectivity index (χ2v) is 4.88. The molecule has 1 atom stereocenters. The minimum Gasteiger partial charge on any atom is -0.469 e. The molecule has 2 saturated heterocycles. The second kappa shape index (κ2) is 6.04. The maximum atomic E-state index is 11.5. The topological polar surface area (TPSA) is 61.9 Å². The normalized spacial score (nSPS) is 25.1. The predicted molar refractivity (Wildman–Crippen MR) is 66.2 cm³/mol. The fourth-order valence-electron chi connectivity index (χ4n) is 2.60. The molecule has 2 fully saturated rings. The lowest BCUT2D eigenvalue weighted by molar-refractivity contribution is -0.147. The molecule has 0 aromatic rings. The molecule has 18 heavy (non-hydrogen) atoms. The van der Waals surface area contributed by atoms with E-state index in [1.54, 1.807) is 0 Å². The highest BCUT2D eigenvalue weighted by Crippen LogP contribution is 2.17. The summed E-state index contributed by atoms with van der Waals surface area (Å²) in [5, 5.41) is 2.79. The second-order valence-electron chi connectivity index (χ2n) is 4.88. The van der Waals surface area contributed by atoms with Gasteiger partial charge in [0.05, 0.1) is 13.0 Å². The number of hydrogen-bond acceptors (Lipinski definition) is 4. The third kappa shape index (κ3) is 3.13. The van der Waals surface area contributed by atoms with Crippen LogP contribution in [0, 0.1) is 5.92 Å². The molecule has 102 valence electrons. The van der Waals surface area contributed by atoms with Crippen molar-refractivity contribution < 1.29 is 14.3 Å². The molecule has 0 bridgehead atoms. The molecule has 2 aliphatic rings. The van der Waals surface area contributed by atoms with Crippen molar-refractivity contribution in [3.63, 3.8) is 0 Å². The first-order valence-electron chi connectivity index (χ1n) is 6.53. The summed E-state index contributed by atoms with van der Waals surface area (Å²) in [4.78, 5) is 27.0. The number of hydrogen-bond donors (Lipinski definition) is 1. The van der Waals surface area contributed by atoms with Crippen LogP contribution in [0.25, 0.3) is 0 Å².